The second-order valence-electron chi connectivity index (χ2n) is 7.36. The SMILES string of the molecule is CCOC(=O)C(C)(C)OC1C=CC(CC(=O)Nc2cc(C)cc(C)c2)=CC1. The van der Waals surface area contributed by atoms with Gasteiger partial charge in [0.15, 0.2) is 5.60 Å². The topological polar surface area (TPSA) is 64.6 Å². The van der Waals surface area contributed by atoms with Crippen LogP contribution in [0.2, 0.25) is 0 Å². The molecule has 2 rings (SSSR count). The summed E-state index contributed by atoms with van der Waals surface area (Å²) >= 11 is 0. The van der Waals surface area contributed by atoms with E-state index in [1.165, 1.54) is 0 Å². The van der Waals surface area contributed by atoms with Crippen LogP contribution in [0.15, 0.2) is 42.0 Å². The quantitative estimate of drug-likeness (QED) is 0.728. The van der Waals surface area contributed by atoms with Crippen LogP contribution < -0.4 is 5.32 Å². The summed E-state index contributed by atoms with van der Waals surface area (Å²) in [6, 6.07) is 5.98. The van der Waals surface area contributed by atoms with Crippen molar-refractivity contribution < 1.29 is 19.1 Å². The first-order chi connectivity index (χ1) is 12.7. The summed E-state index contributed by atoms with van der Waals surface area (Å²) in [6.07, 6.45) is 6.46. The number of benzene rings is 1. The zero-order valence-electron chi connectivity index (χ0n) is 16.8. The van der Waals surface area contributed by atoms with Crippen molar-refractivity contribution in [3.8, 4) is 0 Å². The molecule has 1 aromatic carbocycles. The lowest BCUT2D eigenvalue weighted by atomic mass is 10.0. The predicted octanol–water partition coefficient (Wildman–Crippen LogP) is 4.25. The molecular formula is C22H29NO4. The first kappa shape index (κ1) is 20.9. The van der Waals surface area contributed by atoms with Crippen molar-refractivity contribution in [1.82, 2.24) is 0 Å². The Morgan fingerprint density at radius 3 is 2.41 bits per heavy atom. The number of anilines is 1. The second kappa shape index (κ2) is 9.00. The number of aryl methyl sites for hydroxylation is 2. The van der Waals surface area contributed by atoms with Crippen LogP contribution in [0.5, 0.6) is 0 Å². The number of amides is 1. The van der Waals surface area contributed by atoms with E-state index in [0.29, 0.717) is 19.4 Å². The van der Waals surface area contributed by atoms with Crippen LogP contribution in [-0.4, -0.2) is 30.2 Å². The monoisotopic (exact) mass is 371 g/mol. The molecule has 1 aromatic rings. The first-order valence-electron chi connectivity index (χ1n) is 9.30. The largest absolute Gasteiger partial charge is 0.464 e. The fourth-order valence-electron chi connectivity index (χ4n) is 3.03. The van der Waals surface area contributed by atoms with Gasteiger partial charge in [-0.2, -0.15) is 0 Å². The van der Waals surface area contributed by atoms with Crippen LogP contribution in [-0.2, 0) is 19.1 Å². The summed E-state index contributed by atoms with van der Waals surface area (Å²) in [5, 5.41) is 2.94. The van der Waals surface area contributed by atoms with E-state index in [1.807, 2.05) is 44.2 Å². The molecule has 1 amide bonds. The Bertz CT molecular complexity index is 741. The lowest BCUT2D eigenvalue weighted by Gasteiger charge is -2.28. The Morgan fingerprint density at radius 2 is 1.85 bits per heavy atom. The number of carbonyl (C=O) groups excluding carboxylic acids is 2. The van der Waals surface area contributed by atoms with E-state index >= 15 is 0 Å². The van der Waals surface area contributed by atoms with E-state index in [2.05, 4.69) is 11.4 Å². The third-order valence-corrected chi connectivity index (χ3v) is 4.22. The number of hydrogen-bond acceptors (Lipinski definition) is 4. The third-order valence-electron chi connectivity index (χ3n) is 4.22. The van der Waals surface area contributed by atoms with Gasteiger partial charge in [-0.05, 0) is 69.9 Å². The Hall–Kier alpha value is -2.40. The van der Waals surface area contributed by atoms with Gasteiger partial charge in [0.25, 0.3) is 0 Å². The van der Waals surface area contributed by atoms with Gasteiger partial charge in [0.2, 0.25) is 5.91 Å². The molecule has 1 aliphatic rings. The van der Waals surface area contributed by atoms with Crippen molar-refractivity contribution >= 4 is 17.6 Å². The Kier molecular flexibility index (Phi) is 6.97. The molecule has 0 aliphatic heterocycles. The van der Waals surface area contributed by atoms with Gasteiger partial charge >= 0.3 is 5.97 Å². The average Bonchev–Trinajstić information content (AvgIpc) is 2.55. The van der Waals surface area contributed by atoms with Crippen molar-refractivity contribution in [1.29, 1.82) is 0 Å². The molecule has 1 N–H and O–H groups in total. The number of allylic oxidation sites excluding steroid dienone is 1. The number of esters is 1. The van der Waals surface area contributed by atoms with Gasteiger partial charge in [-0.1, -0.05) is 24.3 Å². The highest BCUT2D eigenvalue weighted by Gasteiger charge is 2.32. The number of ether oxygens (including phenoxy) is 2. The molecule has 5 heteroatoms. The maximum atomic E-state index is 12.3. The minimum atomic E-state index is -1.00. The Balaban J connectivity index is 1.87. The van der Waals surface area contributed by atoms with E-state index in [4.69, 9.17) is 9.47 Å². The van der Waals surface area contributed by atoms with Crippen LogP contribution >= 0.6 is 0 Å². The van der Waals surface area contributed by atoms with Crippen molar-refractivity contribution in [2.75, 3.05) is 11.9 Å². The second-order valence-corrected chi connectivity index (χ2v) is 7.36. The van der Waals surface area contributed by atoms with Crippen LogP contribution in [0.3, 0.4) is 0 Å². The van der Waals surface area contributed by atoms with E-state index in [-0.39, 0.29) is 18.0 Å². The molecular weight excluding hydrogens is 342 g/mol. The van der Waals surface area contributed by atoms with Crippen molar-refractivity contribution in [3.63, 3.8) is 0 Å². The van der Waals surface area contributed by atoms with Crippen LogP contribution in [0.1, 0.15) is 44.7 Å². The third kappa shape index (κ3) is 6.36. The van der Waals surface area contributed by atoms with Gasteiger partial charge < -0.3 is 14.8 Å². The predicted molar refractivity (Wildman–Crippen MR) is 107 cm³/mol. The summed E-state index contributed by atoms with van der Waals surface area (Å²) in [5.41, 5.74) is 2.98. The molecule has 0 aromatic heterocycles. The standard InChI is InChI=1S/C22H29NO4/c1-6-26-21(25)22(4,5)27-19-9-7-17(8-10-19)14-20(24)23-18-12-15(2)11-16(3)13-18/h7-9,11-13,19H,6,10,14H2,1-5H3,(H,23,24). The summed E-state index contributed by atoms with van der Waals surface area (Å²) in [5.74, 6) is -0.428. The lowest BCUT2D eigenvalue weighted by molar-refractivity contribution is -0.171. The van der Waals surface area contributed by atoms with Crippen molar-refractivity contribution in [2.24, 2.45) is 0 Å². The molecule has 0 heterocycles. The summed E-state index contributed by atoms with van der Waals surface area (Å²) in [7, 11) is 0. The Labute approximate surface area is 161 Å². The van der Waals surface area contributed by atoms with Gasteiger partial charge in [-0.15, -0.1) is 0 Å². The van der Waals surface area contributed by atoms with Gasteiger partial charge in [-0.25, -0.2) is 4.79 Å². The van der Waals surface area contributed by atoms with Gasteiger partial charge in [-0.3, -0.25) is 4.79 Å². The highest BCUT2D eigenvalue weighted by atomic mass is 16.6. The summed E-state index contributed by atoms with van der Waals surface area (Å²) in [6.45, 7) is 9.52. The van der Waals surface area contributed by atoms with Gasteiger partial charge in [0, 0.05) is 5.69 Å². The van der Waals surface area contributed by atoms with E-state index < -0.39 is 5.60 Å². The number of rotatable bonds is 7. The van der Waals surface area contributed by atoms with Crippen molar-refractivity contribution in [2.45, 2.75) is 59.2 Å². The number of carbonyl (C=O) groups is 2. The molecule has 0 saturated carbocycles. The van der Waals surface area contributed by atoms with Gasteiger partial charge in [0.05, 0.1) is 19.1 Å². The fourth-order valence-corrected chi connectivity index (χ4v) is 3.03. The van der Waals surface area contributed by atoms with E-state index in [0.717, 1.165) is 22.4 Å². The Morgan fingerprint density at radius 1 is 1.19 bits per heavy atom. The lowest BCUT2D eigenvalue weighted by Crippen LogP contribution is -2.40. The number of nitrogens with one attached hydrogen (secondary N) is 1. The average molecular weight is 371 g/mol. The molecule has 0 bridgehead atoms. The molecule has 1 atom stereocenters. The molecule has 1 aliphatic carbocycles. The molecule has 0 radical (unpaired) electrons. The molecule has 1 unspecified atom stereocenters. The zero-order chi connectivity index (χ0) is 20.0. The number of hydrogen-bond donors (Lipinski definition) is 1. The highest BCUT2D eigenvalue weighted by molar-refractivity contribution is 5.92. The summed E-state index contributed by atoms with van der Waals surface area (Å²) in [4.78, 5) is 24.2. The fraction of sp³-hybridized carbons (Fsp3) is 0.455. The summed E-state index contributed by atoms with van der Waals surface area (Å²) < 4.78 is 10.9. The van der Waals surface area contributed by atoms with Crippen LogP contribution in [0, 0.1) is 13.8 Å². The van der Waals surface area contributed by atoms with Crippen LogP contribution in [0.25, 0.3) is 0 Å². The van der Waals surface area contributed by atoms with E-state index in [9.17, 15) is 9.59 Å². The molecule has 0 saturated heterocycles. The van der Waals surface area contributed by atoms with Crippen LogP contribution in [0.4, 0.5) is 5.69 Å². The zero-order valence-corrected chi connectivity index (χ0v) is 16.8. The molecule has 27 heavy (non-hydrogen) atoms. The maximum absolute atomic E-state index is 12.3. The maximum Gasteiger partial charge on any atom is 0.337 e. The minimum Gasteiger partial charge on any atom is -0.464 e. The molecule has 0 spiro atoms. The van der Waals surface area contributed by atoms with Crippen molar-refractivity contribution in [3.05, 3.63) is 53.1 Å². The smallest absolute Gasteiger partial charge is 0.337 e. The van der Waals surface area contributed by atoms with Gasteiger partial charge in [0.1, 0.15) is 0 Å². The van der Waals surface area contributed by atoms with E-state index in [1.54, 1.807) is 20.8 Å². The molecule has 5 nitrogen and oxygen atoms in total. The molecule has 146 valence electrons. The first-order valence-corrected chi connectivity index (χ1v) is 9.30. The minimum absolute atomic E-state index is 0.0536. The highest BCUT2D eigenvalue weighted by Crippen LogP contribution is 2.23. The normalized spacial score (nSPS) is 16.6. The molecule has 0 fully saturated rings.